The highest BCUT2D eigenvalue weighted by Crippen LogP contribution is 2.31. The summed E-state index contributed by atoms with van der Waals surface area (Å²) in [6.07, 6.45) is 0.153. The van der Waals surface area contributed by atoms with Crippen LogP contribution in [-0.2, 0) is 0 Å². The van der Waals surface area contributed by atoms with Crippen LogP contribution in [0, 0.1) is 5.92 Å². The van der Waals surface area contributed by atoms with Crippen LogP contribution in [0.2, 0.25) is 0 Å². The summed E-state index contributed by atoms with van der Waals surface area (Å²) in [5, 5.41) is 0. The summed E-state index contributed by atoms with van der Waals surface area (Å²) >= 11 is 1.88. The highest BCUT2D eigenvalue weighted by atomic mass is 32.2. The molecule has 94 valence electrons. The molecule has 2 atom stereocenters. The van der Waals surface area contributed by atoms with Crippen molar-refractivity contribution in [3.8, 4) is 11.5 Å². The van der Waals surface area contributed by atoms with Crippen molar-refractivity contribution >= 4 is 11.8 Å². The van der Waals surface area contributed by atoms with Gasteiger partial charge in [0.1, 0.15) is 12.7 Å². The van der Waals surface area contributed by atoms with E-state index in [1.807, 2.05) is 36.0 Å². The summed E-state index contributed by atoms with van der Waals surface area (Å²) in [7, 11) is 0. The van der Waals surface area contributed by atoms with E-state index in [-0.39, 0.29) is 6.10 Å². The van der Waals surface area contributed by atoms with Gasteiger partial charge in [0, 0.05) is 5.75 Å². The standard InChI is InChI=1S/C13H19NO2S/c1-10(6-14)8-17-9-11-7-15-12-4-2-3-5-13(12)16-11/h2-5,10-11H,6-9,14H2,1H3. The highest BCUT2D eigenvalue weighted by molar-refractivity contribution is 7.99. The van der Waals surface area contributed by atoms with Gasteiger partial charge in [-0.25, -0.2) is 0 Å². The number of ether oxygens (including phenoxy) is 2. The highest BCUT2D eigenvalue weighted by Gasteiger charge is 2.20. The lowest BCUT2D eigenvalue weighted by molar-refractivity contribution is 0.107. The number of nitrogens with two attached hydrogens (primary N) is 1. The Morgan fingerprint density at radius 3 is 2.94 bits per heavy atom. The van der Waals surface area contributed by atoms with Crippen molar-refractivity contribution < 1.29 is 9.47 Å². The van der Waals surface area contributed by atoms with Gasteiger partial charge < -0.3 is 15.2 Å². The summed E-state index contributed by atoms with van der Waals surface area (Å²) in [5.74, 6) is 4.31. The normalized spacial score (nSPS) is 20.0. The van der Waals surface area contributed by atoms with E-state index in [2.05, 4.69) is 6.92 Å². The summed E-state index contributed by atoms with van der Waals surface area (Å²) in [6, 6.07) is 7.82. The third-order valence-corrected chi connectivity index (χ3v) is 4.09. The lowest BCUT2D eigenvalue weighted by atomic mass is 10.2. The molecule has 0 aromatic heterocycles. The van der Waals surface area contributed by atoms with Crippen LogP contribution in [0.1, 0.15) is 6.92 Å². The van der Waals surface area contributed by atoms with E-state index in [0.717, 1.165) is 29.5 Å². The number of rotatable bonds is 5. The second-order valence-electron chi connectivity index (χ2n) is 4.38. The summed E-state index contributed by atoms with van der Waals surface area (Å²) < 4.78 is 11.5. The Balaban J connectivity index is 1.78. The van der Waals surface area contributed by atoms with Crippen molar-refractivity contribution in [3.05, 3.63) is 24.3 Å². The number of benzene rings is 1. The van der Waals surface area contributed by atoms with Crippen molar-refractivity contribution in [2.24, 2.45) is 11.7 Å². The Bertz CT molecular complexity index is 359. The first-order valence-electron chi connectivity index (χ1n) is 5.96. The fourth-order valence-electron chi connectivity index (χ4n) is 1.61. The van der Waals surface area contributed by atoms with E-state index in [9.17, 15) is 0 Å². The number of hydrogen-bond acceptors (Lipinski definition) is 4. The summed E-state index contributed by atoms with van der Waals surface area (Å²) in [4.78, 5) is 0. The maximum Gasteiger partial charge on any atom is 0.161 e. The zero-order valence-corrected chi connectivity index (χ0v) is 10.9. The van der Waals surface area contributed by atoms with Crippen LogP contribution < -0.4 is 15.2 Å². The molecular weight excluding hydrogens is 234 g/mol. The van der Waals surface area contributed by atoms with Crippen LogP contribution in [0.3, 0.4) is 0 Å². The van der Waals surface area contributed by atoms with Gasteiger partial charge >= 0.3 is 0 Å². The van der Waals surface area contributed by atoms with Crippen LogP contribution >= 0.6 is 11.8 Å². The van der Waals surface area contributed by atoms with Crippen molar-refractivity contribution in [2.75, 3.05) is 24.7 Å². The average molecular weight is 253 g/mol. The largest absolute Gasteiger partial charge is 0.486 e. The third-order valence-electron chi connectivity index (χ3n) is 2.68. The molecule has 0 radical (unpaired) electrons. The van der Waals surface area contributed by atoms with Crippen LogP contribution in [0.5, 0.6) is 11.5 Å². The molecule has 2 rings (SSSR count). The first kappa shape index (κ1) is 12.6. The fraction of sp³-hybridized carbons (Fsp3) is 0.538. The molecule has 0 amide bonds. The molecule has 1 aromatic rings. The van der Waals surface area contributed by atoms with Gasteiger partial charge in [0.15, 0.2) is 11.5 Å². The number of hydrogen-bond donors (Lipinski definition) is 1. The zero-order chi connectivity index (χ0) is 12.1. The van der Waals surface area contributed by atoms with Crippen molar-refractivity contribution in [2.45, 2.75) is 13.0 Å². The summed E-state index contributed by atoms with van der Waals surface area (Å²) in [6.45, 7) is 3.55. The van der Waals surface area contributed by atoms with Gasteiger partial charge in [-0.3, -0.25) is 0 Å². The minimum absolute atomic E-state index is 0.153. The van der Waals surface area contributed by atoms with Gasteiger partial charge in [-0.15, -0.1) is 0 Å². The van der Waals surface area contributed by atoms with Gasteiger partial charge in [-0.05, 0) is 30.3 Å². The van der Waals surface area contributed by atoms with Gasteiger partial charge in [-0.1, -0.05) is 19.1 Å². The molecule has 3 nitrogen and oxygen atoms in total. The smallest absolute Gasteiger partial charge is 0.161 e. The zero-order valence-electron chi connectivity index (χ0n) is 10.1. The molecule has 1 heterocycles. The third kappa shape index (κ3) is 3.54. The second-order valence-corrected chi connectivity index (χ2v) is 5.45. The molecule has 17 heavy (non-hydrogen) atoms. The molecule has 4 heteroatoms. The number of fused-ring (bicyclic) bond motifs is 1. The fourth-order valence-corrected chi connectivity index (χ4v) is 2.72. The first-order valence-corrected chi connectivity index (χ1v) is 7.11. The van der Waals surface area contributed by atoms with Gasteiger partial charge in [0.2, 0.25) is 0 Å². The minimum atomic E-state index is 0.153. The lowest BCUT2D eigenvalue weighted by Gasteiger charge is -2.26. The Morgan fingerprint density at radius 2 is 2.18 bits per heavy atom. The number of para-hydroxylation sites is 2. The predicted octanol–water partition coefficient (Wildman–Crippen LogP) is 2.15. The maximum absolute atomic E-state index is 5.87. The molecule has 1 aliphatic heterocycles. The first-order chi connectivity index (χ1) is 8.29. The minimum Gasteiger partial charge on any atom is -0.486 e. The summed E-state index contributed by atoms with van der Waals surface area (Å²) in [5.41, 5.74) is 5.59. The van der Waals surface area contributed by atoms with E-state index in [4.69, 9.17) is 15.2 Å². The van der Waals surface area contributed by atoms with Crippen LogP contribution in [0.15, 0.2) is 24.3 Å². The number of thioether (sulfide) groups is 1. The quantitative estimate of drug-likeness (QED) is 0.873. The maximum atomic E-state index is 5.87. The molecule has 1 aromatic carbocycles. The molecule has 2 N–H and O–H groups in total. The molecule has 0 saturated heterocycles. The van der Waals surface area contributed by atoms with Gasteiger partial charge in [0.05, 0.1) is 0 Å². The predicted molar refractivity (Wildman–Crippen MR) is 71.9 cm³/mol. The Hall–Kier alpha value is -0.870. The molecule has 0 bridgehead atoms. The van der Waals surface area contributed by atoms with Gasteiger partial charge in [-0.2, -0.15) is 11.8 Å². The lowest BCUT2D eigenvalue weighted by Crippen LogP contribution is -2.31. The monoisotopic (exact) mass is 253 g/mol. The van der Waals surface area contributed by atoms with Crippen LogP contribution in [0.25, 0.3) is 0 Å². The SMILES string of the molecule is CC(CN)CSCC1COc2ccccc2O1. The molecular formula is C13H19NO2S. The molecule has 1 aliphatic rings. The molecule has 0 aliphatic carbocycles. The Morgan fingerprint density at radius 1 is 1.41 bits per heavy atom. The van der Waals surface area contributed by atoms with Crippen molar-refractivity contribution in [1.29, 1.82) is 0 Å². The molecule has 0 fully saturated rings. The van der Waals surface area contributed by atoms with Crippen molar-refractivity contribution in [1.82, 2.24) is 0 Å². The molecule has 0 saturated carbocycles. The topological polar surface area (TPSA) is 44.5 Å². The Labute approximate surface area is 107 Å². The second kappa shape index (κ2) is 6.17. The van der Waals surface area contributed by atoms with Crippen LogP contribution in [-0.4, -0.2) is 30.8 Å². The van der Waals surface area contributed by atoms with Crippen molar-refractivity contribution in [3.63, 3.8) is 0 Å². The van der Waals surface area contributed by atoms with E-state index >= 15 is 0 Å². The van der Waals surface area contributed by atoms with E-state index in [0.29, 0.717) is 12.5 Å². The van der Waals surface area contributed by atoms with E-state index in [1.165, 1.54) is 0 Å². The average Bonchev–Trinajstić information content (AvgIpc) is 2.38. The van der Waals surface area contributed by atoms with E-state index in [1.54, 1.807) is 0 Å². The van der Waals surface area contributed by atoms with Gasteiger partial charge in [0.25, 0.3) is 0 Å². The Kier molecular flexibility index (Phi) is 4.57. The molecule has 0 spiro atoms. The molecule has 2 unspecified atom stereocenters. The van der Waals surface area contributed by atoms with E-state index < -0.39 is 0 Å². The van der Waals surface area contributed by atoms with Crippen LogP contribution in [0.4, 0.5) is 0 Å².